The molecule has 1 amide bonds. The van der Waals surface area contributed by atoms with E-state index in [0.29, 0.717) is 12.3 Å². The van der Waals surface area contributed by atoms with Gasteiger partial charge in [0.15, 0.2) is 0 Å². The van der Waals surface area contributed by atoms with Crippen molar-refractivity contribution in [1.29, 1.82) is 0 Å². The number of nitrogens with zero attached hydrogens (tertiary/aromatic N) is 2. The molecule has 2 aromatic rings. The lowest BCUT2D eigenvalue weighted by atomic mass is 9.96. The minimum absolute atomic E-state index is 0.233. The Morgan fingerprint density at radius 3 is 1.88 bits per heavy atom. The van der Waals surface area contributed by atoms with E-state index in [1.165, 1.54) is 11.1 Å². The largest absolute Gasteiger partial charge is 0.340 e. The third kappa shape index (κ3) is 4.62. The fourth-order valence-corrected chi connectivity index (χ4v) is 3.62. The molecule has 0 spiro atoms. The van der Waals surface area contributed by atoms with Crippen LogP contribution in [0, 0.1) is 0 Å². The first-order chi connectivity index (χ1) is 12.3. The van der Waals surface area contributed by atoms with Gasteiger partial charge >= 0.3 is 0 Å². The van der Waals surface area contributed by atoms with Crippen LogP contribution < -0.4 is 0 Å². The van der Waals surface area contributed by atoms with Crippen molar-refractivity contribution < 1.29 is 4.79 Å². The Labute approximate surface area is 155 Å². The minimum Gasteiger partial charge on any atom is -0.340 e. The summed E-state index contributed by atoms with van der Waals surface area (Å²) in [5, 5.41) is 0. The average Bonchev–Trinajstić information content (AvgIpc) is 2.68. The van der Waals surface area contributed by atoms with Gasteiger partial charge in [0, 0.05) is 38.5 Å². The summed E-state index contributed by atoms with van der Waals surface area (Å²) in [4.78, 5) is 16.7. The Balaban J connectivity index is 1.72. The highest BCUT2D eigenvalue weighted by atomic mass is 35.5. The van der Waals surface area contributed by atoms with Crippen molar-refractivity contribution in [3.05, 3.63) is 71.8 Å². The van der Waals surface area contributed by atoms with E-state index >= 15 is 0 Å². The first kappa shape index (κ1) is 18.0. The van der Waals surface area contributed by atoms with E-state index in [1.807, 2.05) is 4.90 Å². The molecule has 132 valence electrons. The van der Waals surface area contributed by atoms with E-state index in [0.717, 1.165) is 32.6 Å². The van der Waals surface area contributed by atoms with Crippen LogP contribution in [0.3, 0.4) is 0 Å². The third-order valence-corrected chi connectivity index (χ3v) is 5.05. The van der Waals surface area contributed by atoms with Crippen LogP contribution in [0.15, 0.2) is 60.7 Å². The molecule has 1 aliphatic heterocycles. The Hall–Kier alpha value is -1.84. The first-order valence-corrected chi connectivity index (χ1v) is 9.50. The van der Waals surface area contributed by atoms with Gasteiger partial charge in [-0.15, -0.1) is 11.6 Å². The summed E-state index contributed by atoms with van der Waals surface area (Å²) in [6.07, 6.45) is 1.32. The Morgan fingerprint density at radius 1 is 0.880 bits per heavy atom. The molecule has 0 aliphatic carbocycles. The summed E-state index contributed by atoms with van der Waals surface area (Å²) in [5.41, 5.74) is 2.60. The maximum atomic E-state index is 12.2. The zero-order chi connectivity index (χ0) is 17.5. The molecule has 0 saturated carbocycles. The van der Waals surface area contributed by atoms with Gasteiger partial charge < -0.3 is 4.90 Å². The van der Waals surface area contributed by atoms with Gasteiger partial charge in [0.1, 0.15) is 0 Å². The summed E-state index contributed by atoms with van der Waals surface area (Å²) in [6, 6.07) is 21.5. The van der Waals surface area contributed by atoms with Crippen LogP contribution in [-0.2, 0) is 4.79 Å². The van der Waals surface area contributed by atoms with Crippen LogP contribution in [0.2, 0.25) is 0 Å². The van der Waals surface area contributed by atoms with Gasteiger partial charge in [-0.25, -0.2) is 0 Å². The van der Waals surface area contributed by atoms with Crippen LogP contribution >= 0.6 is 11.6 Å². The van der Waals surface area contributed by atoms with Crippen molar-refractivity contribution >= 4 is 17.5 Å². The second-order valence-electron chi connectivity index (χ2n) is 6.43. The van der Waals surface area contributed by atoms with Gasteiger partial charge in [-0.1, -0.05) is 60.7 Å². The average molecular weight is 357 g/mol. The second kappa shape index (κ2) is 9.02. The zero-order valence-electron chi connectivity index (χ0n) is 14.5. The van der Waals surface area contributed by atoms with Crippen molar-refractivity contribution in [3.63, 3.8) is 0 Å². The Kier molecular flexibility index (Phi) is 6.48. The summed E-state index contributed by atoms with van der Waals surface area (Å²) >= 11 is 5.71. The highest BCUT2D eigenvalue weighted by molar-refractivity contribution is 6.17. The monoisotopic (exact) mass is 356 g/mol. The molecule has 1 fully saturated rings. The standard InChI is InChI=1S/C21H25ClN2O/c22-13-7-12-20(25)23-14-16-24(17-15-23)21(18-8-3-1-4-9-18)19-10-5-2-6-11-19/h1-6,8-11,21H,7,12-17H2. The molecule has 0 bridgehead atoms. The molecule has 3 nitrogen and oxygen atoms in total. The number of carbonyl (C=O) groups is 1. The van der Waals surface area contributed by atoms with Crippen LogP contribution in [0.1, 0.15) is 30.0 Å². The molecule has 1 saturated heterocycles. The molecule has 0 unspecified atom stereocenters. The first-order valence-electron chi connectivity index (χ1n) is 8.97. The smallest absolute Gasteiger partial charge is 0.222 e. The molecule has 1 aliphatic rings. The fourth-order valence-electron chi connectivity index (χ4n) is 3.49. The molecule has 25 heavy (non-hydrogen) atoms. The SMILES string of the molecule is O=C(CCCCl)N1CCN(C(c2ccccc2)c2ccccc2)CC1. The van der Waals surface area contributed by atoms with E-state index in [2.05, 4.69) is 65.6 Å². The molecule has 1 heterocycles. The third-order valence-electron chi connectivity index (χ3n) is 4.79. The lowest BCUT2D eigenvalue weighted by molar-refractivity contribution is -0.133. The van der Waals surface area contributed by atoms with Gasteiger partial charge in [0.25, 0.3) is 0 Å². The normalized spacial score (nSPS) is 15.5. The van der Waals surface area contributed by atoms with Gasteiger partial charge in [-0.3, -0.25) is 9.69 Å². The van der Waals surface area contributed by atoms with Crippen molar-refractivity contribution in [3.8, 4) is 0 Å². The van der Waals surface area contributed by atoms with Gasteiger partial charge in [0.2, 0.25) is 5.91 Å². The van der Waals surface area contributed by atoms with Gasteiger partial charge in [-0.2, -0.15) is 0 Å². The van der Waals surface area contributed by atoms with Crippen molar-refractivity contribution in [1.82, 2.24) is 9.80 Å². The highest BCUT2D eigenvalue weighted by Gasteiger charge is 2.27. The van der Waals surface area contributed by atoms with Crippen LogP contribution in [0.5, 0.6) is 0 Å². The number of halogens is 1. The molecule has 0 N–H and O–H groups in total. The molecular weight excluding hydrogens is 332 g/mol. The predicted octanol–water partition coefficient (Wildman–Crippen LogP) is 3.94. The number of benzene rings is 2. The molecule has 4 heteroatoms. The van der Waals surface area contributed by atoms with Gasteiger partial charge in [-0.05, 0) is 17.5 Å². The molecule has 2 aromatic carbocycles. The number of hydrogen-bond acceptors (Lipinski definition) is 2. The number of hydrogen-bond donors (Lipinski definition) is 0. The van der Waals surface area contributed by atoms with Crippen LogP contribution in [0.25, 0.3) is 0 Å². The number of piperazine rings is 1. The lowest BCUT2D eigenvalue weighted by Crippen LogP contribution is -2.49. The number of amides is 1. The van der Waals surface area contributed by atoms with Crippen molar-refractivity contribution in [2.45, 2.75) is 18.9 Å². The summed E-state index contributed by atoms with van der Waals surface area (Å²) in [7, 11) is 0. The fraction of sp³-hybridized carbons (Fsp3) is 0.381. The quantitative estimate of drug-likeness (QED) is 0.732. The molecule has 0 radical (unpaired) electrons. The lowest BCUT2D eigenvalue weighted by Gasteiger charge is -2.39. The molecule has 0 aromatic heterocycles. The second-order valence-corrected chi connectivity index (χ2v) is 6.81. The predicted molar refractivity (Wildman–Crippen MR) is 103 cm³/mol. The van der Waals surface area contributed by atoms with E-state index in [1.54, 1.807) is 0 Å². The Morgan fingerprint density at radius 2 is 1.40 bits per heavy atom. The van der Waals surface area contributed by atoms with Crippen LogP contribution in [0.4, 0.5) is 0 Å². The molecular formula is C21H25ClN2O. The summed E-state index contributed by atoms with van der Waals surface area (Å²) in [5.74, 6) is 0.784. The Bertz CT molecular complexity index is 615. The van der Waals surface area contributed by atoms with Crippen molar-refractivity contribution in [2.75, 3.05) is 32.1 Å². The number of carbonyl (C=O) groups excluding carboxylic acids is 1. The maximum absolute atomic E-state index is 12.2. The van der Waals surface area contributed by atoms with Gasteiger partial charge in [0.05, 0.1) is 6.04 Å². The number of alkyl halides is 1. The molecule has 0 atom stereocenters. The van der Waals surface area contributed by atoms with Crippen molar-refractivity contribution in [2.24, 2.45) is 0 Å². The number of rotatable bonds is 6. The summed E-state index contributed by atoms with van der Waals surface area (Å²) < 4.78 is 0. The van der Waals surface area contributed by atoms with E-state index in [9.17, 15) is 4.79 Å². The van der Waals surface area contributed by atoms with E-state index in [4.69, 9.17) is 11.6 Å². The summed E-state index contributed by atoms with van der Waals surface area (Å²) in [6.45, 7) is 3.36. The molecule has 3 rings (SSSR count). The highest BCUT2D eigenvalue weighted by Crippen LogP contribution is 2.29. The maximum Gasteiger partial charge on any atom is 0.222 e. The van der Waals surface area contributed by atoms with E-state index < -0.39 is 0 Å². The zero-order valence-corrected chi connectivity index (χ0v) is 15.2. The topological polar surface area (TPSA) is 23.6 Å². The van der Waals surface area contributed by atoms with E-state index in [-0.39, 0.29) is 11.9 Å². The van der Waals surface area contributed by atoms with Crippen LogP contribution in [-0.4, -0.2) is 47.8 Å². The minimum atomic E-state index is 0.233.